The predicted molar refractivity (Wildman–Crippen MR) is 139 cm³/mol. The number of benzene rings is 3. The lowest BCUT2D eigenvalue weighted by molar-refractivity contribution is -0.122. The smallest absolute Gasteiger partial charge is 0.246 e. The van der Waals surface area contributed by atoms with Gasteiger partial charge in [-0.3, -0.25) is 19.6 Å². The molecule has 1 atom stereocenters. The lowest BCUT2D eigenvalue weighted by Gasteiger charge is -2.39. The third kappa shape index (κ3) is 5.33. The number of fused-ring (bicyclic) bond motifs is 1. The molecule has 0 radical (unpaired) electrons. The Balaban J connectivity index is 1.31. The third-order valence-corrected chi connectivity index (χ3v) is 6.80. The van der Waals surface area contributed by atoms with Gasteiger partial charge in [-0.1, -0.05) is 35.9 Å². The fourth-order valence-corrected chi connectivity index (χ4v) is 4.82. The summed E-state index contributed by atoms with van der Waals surface area (Å²) in [7, 11) is 0. The second kappa shape index (κ2) is 10.6. The van der Waals surface area contributed by atoms with E-state index < -0.39 is 6.04 Å². The normalized spacial score (nSPS) is 15.6. The van der Waals surface area contributed by atoms with Gasteiger partial charge in [0.1, 0.15) is 23.1 Å². The molecule has 6 nitrogen and oxygen atoms in total. The zero-order valence-electron chi connectivity index (χ0n) is 19.6. The molecule has 1 unspecified atom stereocenters. The van der Waals surface area contributed by atoms with Crippen LogP contribution in [0.5, 0.6) is 5.75 Å². The Bertz CT molecular complexity index is 1360. The number of phenols is 1. The number of hydrogen-bond acceptors (Lipinski definition) is 5. The van der Waals surface area contributed by atoms with Crippen LogP contribution in [0.15, 0.2) is 79.0 Å². The van der Waals surface area contributed by atoms with Gasteiger partial charge in [0.15, 0.2) is 0 Å². The minimum Gasteiger partial charge on any atom is -0.506 e. The quantitative estimate of drug-likeness (QED) is 0.376. The molecule has 1 amide bonds. The Labute approximate surface area is 213 Å². The number of aromatic hydroxyl groups is 1. The summed E-state index contributed by atoms with van der Waals surface area (Å²) in [6.45, 7) is 3.58. The standard InChI is InChI=1S/C28H26ClFN4O2/c29-21-6-10-23(11-7-21)32-28(36)27(19-3-8-22(30)9-4-19)34-16-14-33(15-17-34)18-20-5-12-25(35)26-24(20)2-1-13-31-26/h1-13,27,35H,14-18H2,(H,32,36). The largest absolute Gasteiger partial charge is 0.506 e. The predicted octanol–water partition coefficient (Wildman–Crippen LogP) is 5.23. The van der Waals surface area contributed by atoms with Crippen molar-refractivity contribution >= 4 is 34.1 Å². The Kier molecular flexibility index (Phi) is 7.13. The van der Waals surface area contributed by atoms with Crippen molar-refractivity contribution in [1.29, 1.82) is 0 Å². The zero-order valence-corrected chi connectivity index (χ0v) is 20.3. The SMILES string of the molecule is O=C(Nc1ccc(Cl)cc1)C(c1ccc(F)cc1)N1CCN(Cc2ccc(O)c3ncccc23)CC1. The minimum absolute atomic E-state index is 0.173. The Hall–Kier alpha value is -3.52. The van der Waals surface area contributed by atoms with Gasteiger partial charge in [0.05, 0.1) is 0 Å². The van der Waals surface area contributed by atoms with Crippen molar-refractivity contribution in [2.75, 3.05) is 31.5 Å². The lowest BCUT2D eigenvalue weighted by atomic mass is 10.0. The van der Waals surface area contributed by atoms with Gasteiger partial charge in [-0.2, -0.15) is 0 Å². The highest BCUT2D eigenvalue weighted by molar-refractivity contribution is 6.30. The molecule has 1 fully saturated rings. The maximum Gasteiger partial charge on any atom is 0.246 e. The Morgan fingerprint density at radius 2 is 1.72 bits per heavy atom. The van der Waals surface area contributed by atoms with Crippen LogP contribution in [0.4, 0.5) is 10.1 Å². The van der Waals surface area contributed by atoms with Crippen LogP contribution >= 0.6 is 11.6 Å². The van der Waals surface area contributed by atoms with Gasteiger partial charge >= 0.3 is 0 Å². The van der Waals surface area contributed by atoms with Crippen LogP contribution in [0.2, 0.25) is 5.02 Å². The number of aromatic nitrogens is 1. The molecule has 5 rings (SSSR count). The van der Waals surface area contributed by atoms with Gasteiger partial charge in [0.25, 0.3) is 0 Å². The van der Waals surface area contributed by atoms with E-state index in [0.29, 0.717) is 35.9 Å². The molecule has 0 bridgehead atoms. The number of anilines is 1. The maximum absolute atomic E-state index is 13.6. The molecule has 2 N–H and O–H groups in total. The molecular formula is C28H26ClFN4O2. The number of carbonyl (C=O) groups is 1. The number of carbonyl (C=O) groups excluding carboxylic acids is 1. The highest BCUT2D eigenvalue weighted by Gasteiger charge is 2.31. The number of nitrogens with one attached hydrogen (secondary N) is 1. The number of halogens is 2. The van der Waals surface area contributed by atoms with Crippen molar-refractivity contribution in [2.24, 2.45) is 0 Å². The average Bonchev–Trinajstić information content (AvgIpc) is 2.89. The number of amides is 1. The first-order chi connectivity index (χ1) is 17.5. The summed E-state index contributed by atoms with van der Waals surface area (Å²) in [5, 5.41) is 14.7. The fraction of sp³-hybridized carbons (Fsp3) is 0.214. The Morgan fingerprint density at radius 3 is 2.44 bits per heavy atom. The lowest BCUT2D eigenvalue weighted by Crippen LogP contribution is -2.49. The summed E-state index contributed by atoms with van der Waals surface area (Å²) in [5.41, 5.74) is 3.10. The topological polar surface area (TPSA) is 68.7 Å². The van der Waals surface area contributed by atoms with Crippen molar-refractivity contribution < 1.29 is 14.3 Å². The molecule has 1 saturated heterocycles. The van der Waals surface area contributed by atoms with Gasteiger partial charge in [0, 0.05) is 55.0 Å². The monoisotopic (exact) mass is 504 g/mol. The molecule has 1 aromatic heterocycles. The molecule has 0 spiro atoms. The molecule has 2 heterocycles. The van der Waals surface area contributed by atoms with E-state index in [4.69, 9.17) is 11.6 Å². The van der Waals surface area contributed by atoms with E-state index in [2.05, 4.69) is 20.1 Å². The molecule has 4 aromatic rings. The molecule has 0 aliphatic carbocycles. The fourth-order valence-electron chi connectivity index (χ4n) is 4.69. The molecule has 3 aromatic carbocycles. The third-order valence-electron chi connectivity index (χ3n) is 6.55. The second-order valence-corrected chi connectivity index (χ2v) is 9.34. The van der Waals surface area contributed by atoms with Gasteiger partial charge in [-0.15, -0.1) is 0 Å². The van der Waals surface area contributed by atoms with E-state index in [1.807, 2.05) is 18.2 Å². The first kappa shape index (κ1) is 24.2. The average molecular weight is 505 g/mol. The second-order valence-electron chi connectivity index (χ2n) is 8.91. The first-order valence-corrected chi connectivity index (χ1v) is 12.2. The van der Waals surface area contributed by atoms with E-state index in [1.54, 1.807) is 48.7 Å². The molecule has 184 valence electrons. The first-order valence-electron chi connectivity index (χ1n) is 11.8. The summed E-state index contributed by atoms with van der Waals surface area (Å²) in [4.78, 5) is 22.2. The van der Waals surface area contributed by atoms with Crippen LogP contribution < -0.4 is 5.32 Å². The molecule has 36 heavy (non-hydrogen) atoms. The van der Waals surface area contributed by atoms with E-state index in [0.717, 1.165) is 29.6 Å². The summed E-state index contributed by atoms with van der Waals surface area (Å²) in [6.07, 6.45) is 1.68. The van der Waals surface area contributed by atoms with Crippen LogP contribution in [-0.2, 0) is 11.3 Å². The summed E-state index contributed by atoms with van der Waals surface area (Å²) >= 11 is 5.98. The zero-order chi connectivity index (χ0) is 25.1. The number of phenolic OH excluding ortho intramolecular Hbond substituents is 1. The van der Waals surface area contributed by atoms with E-state index in [-0.39, 0.29) is 17.5 Å². The van der Waals surface area contributed by atoms with Crippen LogP contribution in [0.25, 0.3) is 10.9 Å². The number of nitrogens with zero attached hydrogens (tertiary/aromatic N) is 3. The van der Waals surface area contributed by atoms with Crippen molar-refractivity contribution in [3.8, 4) is 5.75 Å². The number of hydrogen-bond donors (Lipinski definition) is 2. The number of piperazine rings is 1. The number of pyridine rings is 1. The van der Waals surface area contributed by atoms with E-state index >= 15 is 0 Å². The van der Waals surface area contributed by atoms with E-state index in [1.165, 1.54) is 12.1 Å². The van der Waals surface area contributed by atoms with Gasteiger partial charge in [-0.05, 0) is 59.7 Å². The van der Waals surface area contributed by atoms with Gasteiger partial charge in [0.2, 0.25) is 5.91 Å². The minimum atomic E-state index is -0.554. The molecule has 8 heteroatoms. The Morgan fingerprint density at radius 1 is 1.00 bits per heavy atom. The van der Waals surface area contributed by atoms with E-state index in [9.17, 15) is 14.3 Å². The summed E-state index contributed by atoms with van der Waals surface area (Å²) in [6, 6.07) is 20.0. The molecule has 1 aliphatic rings. The maximum atomic E-state index is 13.6. The van der Waals surface area contributed by atoms with Crippen LogP contribution in [0.3, 0.4) is 0 Å². The van der Waals surface area contributed by atoms with Crippen molar-refractivity contribution in [3.05, 3.63) is 101 Å². The van der Waals surface area contributed by atoms with Gasteiger partial charge < -0.3 is 10.4 Å². The highest BCUT2D eigenvalue weighted by atomic mass is 35.5. The summed E-state index contributed by atoms with van der Waals surface area (Å²) in [5.74, 6) is -0.336. The highest BCUT2D eigenvalue weighted by Crippen LogP contribution is 2.28. The van der Waals surface area contributed by atoms with Crippen molar-refractivity contribution in [3.63, 3.8) is 0 Å². The summed E-state index contributed by atoms with van der Waals surface area (Å²) < 4.78 is 13.6. The molecular weight excluding hydrogens is 479 g/mol. The van der Waals surface area contributed by atoms with Crippen LogP contribution in [0.1, 0.15) is 17.2 Å². The van der Waals surface area contributed by atoms with Gasteiger partial charge in [-0.25, -0.2) is 4.39 Å². The van der Waals surface area contributed by atoms with Crippen molar-refractivity contribution in [1.82, 2.24) is 14.8 Å². The van der Waals surface area contributed by atoms with Crippen LogP contribution in [-0.4, -0.2) is 52.0 Å². The molecule has 0 saturated carbocycles. The van der Waals surface area contributed by atoms with Crippen LogP contribution in [0, 0.1) is 5.82 Å². The van der Waals surface area contributed by atoms with Crippen molar-refractivity contribution in [2.45, 2.75) is 12.6 Å². The number of rotatable bonds is 6. The molecule has 1 aliphatic heterocycles.